The number of nitrogens with one attached hydrogen (secondary N) is 1. The smallest absolute Gasteiger partial charge is 0.270 e. The van der Waals surface area contributed by atoms with Crippen LogP contribution in [-0.2, 0) is 11.3 Å². The van der Waals surface area contributed by atoms with E-state index < -0.39 is 12.2 Å². The number of hydrogen-bond donors (Lipinski definition) is 1. The first-order valence-electron chi connectivity index (χ1n) is 8.59. The normalized spacial score (nSPS) is 18.1. The lowest BCUT2D eigenvalue weighted by Crippen LogP contribution is -2.46. The fourth-order valence-electron chi connectivity index (χ4n) is 2.93. The third kappa shape index (κ3) is 3.75. The summed E-state index contributed by atoms with van der Waals surface area (Å²) in [5.74, 6) is 1.51. The van der Waals surface area contributed by atoms with Crippen molar-refractivity contribution in [3.05, 3.63) is 71.4 Å². The van der Waals surface area contributed by atoms with E-state index >= 15 is 0 Å². The SMILES string of the molecule is CC1Oc2ccccc2OC1C(=O)Nc1ccnn1Cc1ccc(Cl)cc1. The lowest BCUT2D eigenvalue weighted by Gasteiger charge is -2.31. The minimum absolute atomic E-state index is 0.283. The molecule has 0 saturated heterocycles. The number of nitrogens with zero attached hydrogens (tertiary/aromatic N) is 2. The van der Waals surface area contributed by atoms with Crippen LogP contribution in [0.25, 0.3) is 0 Å². The van der Waals surface area contributed by atoms with E-state index in [1.54, 1.807) is 23.0 Å². The minimum atomic E-state index is -0.751. The maximum absolute atomic E-state index is 12.8. The second-order valence-corrected chi connectivity index (χ2v) is 6.73. The zero-order valence-electron chi connectivity index (χ0n) is 14.6. The fourth-order valence-corrected chi connectivity index (χ4v) is 3.06. The van der Waals surface area contributed by atoms with Crippen LogP contribution >= 0.6 is 11.6 Å². The number of fused-ring (bicyclic) bond motifs is 1. The van der Waals surface area contributed by atoms with Crippen molar-refractivity contribution in [2.45, 2.75) is 25.7 Å². The number of ether oxygens (including phenoxy) is 2. The maximum atomic E-state index is 12.8. The minimum Gasteiger partial charge on any atom is -0.482 e. The molecular weight excluding hydrogens is 366 g/mol. The Balaban J connectivity index is 1.47. The Morgan fingerprint density at radius 2 is 1.81 bits per heavy atom. The van der Waals surface area contributed by atoms with Gasteiger partial charge in [-0.15, -0.1) is 0 Å². The molecule has 0 saturated carbocycles. The molecular formula is C20H18ClN3O3. The van der Waals surface area contributed by atoms with Crippen LogP contribution in [0.5, 0.6) is 11.5 Å². The Hall–Kier alpha value is -2.99. The first kappa shape index (κ1) is 17.4. The summed E-state index contributed by atoms with van der Waals surface area (Å²) in [6.45, 7) is 2.32. The Morgan fingerprint density at radius 3 is 2.56 bits per heavy atom. The lowest BCUT2D eigenvalue weighted by atomic mass is 10.1. The molecule has 0 spiro atoms. The second-order valence-electron chi connectivity index (χ2n) is 6.30. The van der Waals surface area contributed by atoms with E-state index in [9.17, 15) is 4.79 Å². The third-order valence-electron chi connectivity index (χ3n) is 4.31. The van der Waals surface area contributed by atoms with Crippen LogP contribution in [0, 0.1) is 0 Å². The largest absolute Gasteiger partial charge is 0.482 e. The number of para-hydroxylation sites is 2. The van der Waals surface area contributed by atoms with Gasteiger partial charge in [0.2, 0.25) is 6.10 Å². The van der Waals surface area contributed by atoms with Gasteiger partial charge in [-0.1, -0.05) is 35.9 Å². The van der Waals surface area contributed by atoms with Crippen molar-refractivity contribution < 1.29 is 14.3 Å². The summed E-state index contributed by atoms with van der Waals surface area (Å²) in [5, 5.41) is 7.84. The van der Waals surface area contributed by atoms with Crippen molar-refractivity contribution in [1.82, 2.24) is 9.78 Å². The molecule has 2 heterocycles. The average molecular weight is 384 g/mol. The fraction of sp³-hybridized carbons (Fsp3) is 0.200. The van der Waals surface area contributed by atoms with Gasteiger partial charge in [0.05, 0.1) is 12.7 Å². The van der Waals surface area contributed by atoms with Gasteiger partial charge in [0.15, 0.2) is 11.5 Å². The maximum Gasteiger partial charge on any atom is 0.270 e. The molecule has 0 bridgehead atoms. The van der Waals surface area contributed by atoms with Crippen molar-refractivity contribution in [1.29, 1.82) is 0 Å². The standard InChI is InChI=1S/C20H18ClN3O3/c1-13-19(27-17-5-3-2-4-16(17)26-13)20(25)23-18-10-11-22-24(18)12-14-6-8-15(21)9-7-14/h2-11,13,19H,12H2,1H3,(H,23,25). The molecule has 27 heavy (non-hydrogen) atoms. The number of anilines is 1. The quantitative estimate of drug-likeness (QED) is 0.745. The first-order chi connectivity index (χ1) is 13.1. The summed E-state index contributed by atoms with van der Waals surface area (Å²) < 4.78 is 13.4. The number of aromatic nitrogens is 2. The van der Waals surface area contributed by atoms with E-state index in [-0.39, 0.29) is 5.91 Å². The van der Waals surface area contributed by atoms with Crippen molar-refractivity contribution in [3.63, 3.8) is 0 Å². The number of amides is 1. The van der Waals surface area contributed by atoms with Crippen LogP contribution in [0.2, 0.25) is 5.02 Å². The van der Waals surface area contributed by atoms with Gasteiger partial charge < -0.3 is 14.8 Å². The van der Waals surface area contributed by atoms with Gasteiger partial charge in [0.25, 0.3) is 5.91 Å². The highest BCUT2D eigenvalue weighted by Crippen LogP contribution is 2.33. The summed E-state index contributed by atoms with van der Waals surface area (Å²) in [6, 6.07) is 16.6. The molecule has 0 fully saturated rings. The van der Waals surface area contributed by atoms with Gasteiger partial charge in [0.1, 0.15) is 11.9 Å². The Bertz CT molecular complexity index is 955. The molecule has 1 amide bonds. The van der Waals surface area contributed by atoms with Crippen LogP contribution in [0.15, 0.2) is 60.8 Å². The summed E-state index contributed by atoms with van der Waals surface area (Å²) >= 11 is 5.92. The van der Waals surface area contributed by atoms with Gasteiger partial charge in [-0.25, -0.2) is 4.68 Å². The molecule has 2 atom stereocenters. The summed E-state index contributed by atoms with van der Waals surface area (Å²) in [6.07, 6.45) is 0.481. The van der Waals surface area contributed by atoms with Crippen LogP contribution in [0.4, 0.5) is 5.82 Å². The third-order valence-corrected chi connectivity index (χ3v) is 4.57. The van der Waals surface area contributed by atoms with E-state index in [0.717, 1.165) is 5.56 Å². The molecule has 7 heteroatoms. The Morgan fingerprint density at radius 1 is 1.11 bits per heavy atom. The van der Waals surface area contributed by atoms with Crippen molar-refractivity contribution in [2.75, 3.05) is 5.32 Å². The lowest BCUT2D eigenvalue weighted by molar-refractivity contribution is -0.128. The number of carbonyl (C=O) groups excluding carboxylic acids is 1. The predicted octanol–water partition coefficient (Wildman–Crippen LogP) is 3.75. The molecule has 2 unspecified atom stereocenters. The Kier molecular flexibility index (Phi) is 4.73. The summed E-state index contributed by atoms with van der Waals surface area (Å²) in [4.78, 5) is 12.8. The van der Waals surface area contributed by atoms with Gasteiger partial charge >= 0.3 is 0 Å². The molecule has 2 aromatic carbocycles. The molecule has 3 aromatic rings. The van der Waals surface area contributed by atoms with E-state index in [2.05, 4.69) is 10.4 Å². The highest BCUT2D eigenvalue weighted by Gasteiger charge is 2.34. The molecule has 1 aliphatic heterocycles. The van der Waals surface area contributed by atoms with E-state index in [1.807, 2.05) is 49.4 Å². The zero-order valence-corrected chi connectivity index (χ0v) is 15.4. The van der Waals surface area contributed by atoms with Crippen molar-refractivity contribution in [3.8, 4) is 11.5 Å². The van der Waals surface area contributed by atoms with Crippen LogP contribution < -0.4 is 14.8 Å². The highest BCUT2D eigenvalue weighted by atomic mass is 35.5. The molecule has 4 rings (SSSR count). The summed E-state index contributed by atoms with van der Waals surface area (Å²) in [5.41, 5.74) is 1.03. The molecule has 0 aliphatic carbocycles. The van der Waals surface area contributed by atoms with Gasteiger partial charge in [-0.05, 0) is 36.8 Å². The predicted molar refractivity (Wildman–Crippen MR) is 102 cm³/mol. The zero-order chi connectivity index (χ0) is 18.8. The number of benzene rings is 2. The Labute approximate surface area is 161 Å². The topological polar surface area (TPSA) is 65.4 Å². The molecule has 1 N–H and O–H groups in total. The molecule has 138 valence electrons. The van der Waals surface area contributed by atoms with Crippen LogP contribution in [0.3, 0.4) is 0 Å². The number of rotatable bonds is 4. The van der Waals surface area contributed by atoms with Gasteiger partial charge in [-0.2, -0.15) is 5.10 Å². The van der Waals surface area contributed by atoms with E-state index in [1.165, 1.54) is 0 Å². The number of carbonyl (C=O) groups is 1. The number of hydrogen-bond acceptors (Lipinski definition) is 4. The van der Waals surface area contributed by atoms with Crippen molar-refractivity contribution in [2.24, 2.45) is 0 Å². The van der Waals surface area contributed by atoms with Crippen LogP contribution in [0.1, 0.15) is 12.5 Å². The molecule has 6 nitrogen and oxygen atoms in total. The molecule has 1 aromatic heterocycles. The molecule has 1 aliphatic rings. The van der Waals surface area contributed by atoms with E-state index in [4.69, 9.17) is 21.1 Å². The van der Waals surface area contributed by atoms with Gasteiger partial charge in [0, 0.05) is 11.1 Å². The van der Waals surface area contributed by atoms with E-state index in [0.29, 0.717) is 28.9 Å². The van der Waals surface area contributed by atoms with Crippen LogP contribution in [-0.4, -0.2) is 27.9 Å². The molecule has 0 radical (unpaired) electrons. The summed E-state index contributed by atoms with van der Waals surface area (Å²) in [7, 11) is 0. The average Bonchev–Trinajstić information content (AvgIpc) is 3.09. The van der Waals surface area contributed by atoms with Gasteiger partial charge in [-0.3, -0.25) is 4.79 Å². The number of halogens is 1. The highest BCUT2D eigenvalue weighted by molar-refractivity contribution is 6.30. The van der Waals surface area contributed by atoms with Crippen molar-refractivity contribution >= 4 is 23.3 Å². The first-order valence-corrected chi connectivity index (χ1v) is 8.97. The monoisotopic (exact) mass is 383 g/mol. The second kappa shape index (κ2) is 7.32.